The fourth-order valence-electron chi connectivity index (χ4n) is 3.13. The van der Waals surface area contributed by atoms with E-state index < -0.39 is 0 Å². The van der Waals surface area contributed by atoms with Crippen LogP contribution in [0.2, 0.25) is 0 Å². The van der Waals surface area contributed by atoms with Crippen LogP contribution in [-0.4, -0.2) is 62.5 Å². The zero-order valence-electron chi connectivity index (χ0n) is 15.7. The summed E-state index contributed by atoms with van der Waals surface area (Å²) in [5.41, 5.74) is 0. The van der Waals surface area contributed by atoms with Gasteiger partial charge in [-0.2, -0.15) is 5.10 Å². The van der Waals surface area contributed by atoms with Crippen LogP contribution in [0, 0.1) is 0 Å². The number of anilines is 2. The van der Waals surface area contributed by atoms with E-state index in [2.05, 4.69) is 30.1 Å². The number of carbonyl (C=O) groups excluding carboxylic acids is 1. The molecule has 2 aromatic heterocycles. The van der Waals surface area contributed by atoms with Crippen molar-refractivity contribution in [2.24, 2.45) is 0 Å². The molecule has 0 spiro atoms. The molecule has 4 rings (SSSR count). The number of hydrogen-bond acceptors (Lipinski definition) is 7. The topological polar surface area (TPSA) is 90.1 Å². The molecule has 27 heavy (non-hydrogen) atoms. The Labute approximate surface area is 162 Å². The highest BCUT2D eigenvalue weighted by Gasteiger charge is 2.32. The molecule has 1 amide bonds. The van der Waals surface area contributed by atoms with E-state index >= 15 is 0 Å². The van der Waals surface area contributed by atoms with E-state index in [1.807, 2.05) is 19.9 Å². The second kappa shape index (κ2) is 7.89. The molecule has 1 aliphatic heterocycles. The van der Waals surface area contributed by atoms with Gasteiger partial charge in [0.1, 0.15) is 5.82 Å². The van der Waals surface area contributed by atoms with Gasteiger partial charge in [0.15, 0.2) is 5.16 Å². The van der Waals surface area contributed by atoms with E-state index in [0.29, 0.717) is 25.1 Å². The molecule has 0 radical (unpaired) electrons. The zero-order chi connectivity index (χ0) is 18.8. The molecule has 9 nitrogen and oxygen atoms in total. The standard InChI is InChI=1S/C17H25N7O2S/c1-12(2)24-14(5-6-18-24)19-15(25)11-27-17-21-20-16(23(17)13-3-4-13)22-7-9-26-10-8-22/h5-6,12-13H,3-4,7-11H2,1-2H3,(H,19,25). The summed E-state index contributed by atoms with van der Waals surface area (Å²) in [6.45, 7) is 7.15. The number of ether oxygens (including phenoxy) is 1. The van der Waals surface area contributed by atoms with Crippen LogP contribution >= 0.6 is 11.8 Å². The number of carbonyl (C=O) groups is 1. The van der Waals surface area contributed by atoms with Crippen LogP contribution in [0.15, 0.2) is 17.4 Å². The average Bonchev–Trinajstić information content (AvgIpc) is 3.24. The molecule has 0 bridgehead atoms. The fraction of sp³-hybridized carbons (Fsp3) is 0.647. The van der Waals surface area contributed by atoms with Crippen molar-refractivity contribution in [3.05, 3.63) is 12.3 Å². The van der Waals surface area contributed by atoms with E-state index in [4.69, 9.17) is 4.74 Å². The van der Waals surface area contributed by atoms with E-state index in [9.17, 15) is 4.79 Å². The van der Waals surface area contributed by atoms with Crippen molar-refractivity contribution in [2.75, 3.05) is 42.3 Å². The summed E-state index contributed by atoms with van der Waals surface area (Å²) in [6.07, 6.45) is 3.98. The number of nitrogens with one attached hydrogen (secondary N) is 1. The lowest BCUT2D eigenvalue weighted by Crippen LogP contribution is -2.38. The van der Waals surface area contributed by atoms with Gasteiger partial charge in [-0.1, -0.05) is 11.8 Å². The molecule has 3 heterocycles. The highest BCUT2D eigenvalue weighted by atomic mass is 32.2. The largest absolute Gasteiger partial charge is 0.378 e. The minimum absolute atomic E-state index is 0.0688. The minimum atomic E-state index is -0.0688. The molecule has 2 aliphatic rings. The van der Waals surface area contributed by atoms with Gasteiger partial charge in [-0.3, -0.25) is 9.36 Å². The Kier molecular flexibility index (Phi) is 5.35. The first kappa shape index (κ1) is 18.3. The molecule has 0 unspecified atom stereocenters. The number of amides is 1. The van der Waals surface area contributed by atoms with Crippen molar-refractivity contribution in [1.82, 2.24) is 24.5 Å². The van der Waals surface area contributed by atoms with E-state index in [-0.39, 0.29) is 17.7 Å². The van der Waals surface area contributed by atoms with Gasteiger partial charge in [-0.25, -0.2) is 4.68 Å². The van der Waals surface area contributed by atoms with Crippen LogP contribution in [0.5, 0.6) is 0 Å². The lowest BCUT2D eigenvalue weighted by Gasteiger charge is -2.27. The Hall–Kier alpha value is -2.07. The normalized spacial score (nSPS) is 17.5. The predicted octanol–water partition coefficient (Wildman–Crippen LogP) is 1.96. The van der Waals surface area contributed by atoms with Gasteiger partial charge in [0, 0.05) is 31.2 Å². The Morgan fingerprint density at radius 1 is 1.33 bits per heavy atom. The van der Waals surface area contributed by atoms with Gasteiger partial charge in [-0.05, 0) is 26.7 Å². The van der Waals surface area contributed by atoms with Gasteiger partial charge in [0.2, 0.25) is 11.9 Å². The maximum Gasteiger partial charge on any atom is 0.235 e. The number of aromatic nitrogens is 5. The first-order valence-corrected chi connectivity index (χ1v) is 10.4. The molecule has 10 heteroatoms. The summed E-state index contributed by atoms with van der Waals surface area (Å²) in [7, 11) is 0. The molecule has 1 N–H and O–H groups in total. The number of thioether (sulfide) groups is 1. The number of hydrogen-bond donors (Lipinski definition) is 1. The van der Waals surface area contributed by atoms with Crippen molar-refractivity contribution in [1.29, 1.82) is 0 Å². The molecule has 1 aliphatic carbocycles. The Balaban J connectivity index is 1.41. The number of morpholine rings is 1. The van der Waals surface area contributed by atoms with Crippen molar-refractivity contribution >= 4 is 29.4 Å². The van der Waals surface area contributed by atoms with Crippen molar-refractivity contribution in [2.45, 2.75) is 43.9 Å². The van der Waals surface area contributed by atoms with Crippen LogP contribution < -0.4 is 10.2 Å². The Bertz CT molecular complexity index is 793. The monoisotopic (exact) mass is 391 g/mol. The summed E-state index contributed by atoms with van der Waals surface area (Å²) >= 11 is 1.43. The van der Waals surface area contributed by atoms with Gasteiger partial charge in [0.05, 0.1) is 25.2 Å². The van der Waals surface area contributed by atoms with Crippen LogP contribution in [0.3, 0.4) is 0 Å². The van der Waals surface area contributed by atoms with E-state index in [1.165, 1.54) is 11.8 Å². The third-order valence-electron chi connectivity index (χ3n) is 4.61. The van der Waals surface area contributed by atoms with E-state index in [0.717, 1.165) is 37.0 Å². The van der Waals surface area contributed by atoms with Crippen LogP contribution in [-0.2, 0) is 9.53 Å². The number of nitrogens with zero attached hydrogens (tertiary/aromatic N) is 6. The predicted molar refractivity (Wildman–Crippen MR) is 103 cm³/mol. The van der Waals surface area contributed by atoms with E-state index in [1.54, 1.807) is 10.9 Å². The Morgan fingerprint density at radius 3 is 2.81 bits per heavy atom. The molecular formula is C17H25N7O2S. The second-order valence-electron chi connectivity index (χ2n) is 7.07. The first-order valence-electron chi connectivity index (χ1n) is 9.37. The molecule has 2 fully saturated rings. The highest BCUT2D eigenvalue weighted by Crippen LogP contribution is 2.41. The van der Waals surface area contributed by atoms with Crippen LogP contribution in [0.4, 0.5) is 11.8 Å². The Morgan fingerprint density at radius 2 is 2.11 bits per heavy atom. The summed E-state index contributed by atoms with van der Waals surface area (Å²) in [5, 5.41) is 16.8. The van der Waals surface area contributed by atoms with Crippen LogP contribution in [0.1, 0.15) is 38.8 Å². The fourth-order valence-corrected chi connectivity index (χ4v) is 3.93. The average molecular weight is 392 g/mol. The molecule has 1 saturated carbocycles. The van der Waals surface area contributed by atoms with Gasteiger partial charge in [0.25, 0.3) is 0 Å². The van der Waals surface area contributed by atoms with Gasteiger partial charge in [-0.15, -0.1) is 10.2 Å². The maximum absolute atomic E-state index is 12.4. The smallest absolute Gasteiger partial charge is 0.235 e. The van der Waals surface area contributed by atoms with Crippen molar-refractivity contribution in [3.63, 3.8) is 0 Å². The first-order chi connectivity index (χ1) is 13.1. The summed E-state index contributed by atoms with van der Waals surface area (Å²) in [4.78, 5) is 14.6. The zero-order valence-corrected chi connectivity index (χ0v) is 16.5. The van der Waals surface area contributed by atoms with Gasteiger partial charge < -0.3 is 15.0 Å². The molecule has 1 saturated heterocycles. The van der Waals surface area contributed by atoms with Crippen molar-refractivity contribution in [3.8, 4) is 0 Å². The third kappa shape index (κ3) is 4.11. The maximum atomic E-state index is 12.4. The van der Waals surface area contributed by atoms with Crippen LogP contribution in [0.25, 0.3) is 0 Å². The lowest BCUT2D eigenvalue weighted by molar-refractivity contribution is -0.113. The summed E-state index contributed by atoms with van der Waals surface area (Å²) in [6, 6.07) is 2.45. The quantitative estimate of drug-likeness (QED) is 0.722. The molecule has 0 aromatic carbocycles. The molecule has 0 atom stereocenters. The summed E-state index contributed by atoms with van der Waals surface area (Å²) < 4.78 is 9.43. The number of rotatable bonds is 7. The highest BCUT2D eigenvalue weighted by molar-refractivity contribution is 7.99. The third-order valence-corrected chi connectivity index (χ3v) is 5.55. The second-order valence-corrected chi connectivity index (χ2v) is 8.02. The molecule has 146 valence electrons. The van der Waals surface area contributed by atoms with Crippen molar-refractivity contribution < 1.29 is 9.53 Å². The summed E-state index contributed by atoms with van der Waals surface area (Å²) in [5.74, 6) is 1.84. The SMILES string of the molecule is CC(C)n1nccc1NC(=O)CSc1nnc(N2CCOCC2)n1C1CC1. The lowest BCUT2D eigenvalue weighted by atomic mass is 10.4. The molecular weight excluding hydrogens is 366 g/mol. The molecule has 2 aromatic rings. The minimum Gasteiger partial charge on any atom is -0.378 e. The van der Waals surface area contributed by atoms with Gasteiger partial charge >= 0.3 is 0 Å².